The fourth-order valence-electron chi connectivity index (χ4n) is 4.80. The molecule has 0 amide bonds. The van der Waals surface area contributed by atoms with Gasteiger partial charge >= 0.3 is 0 Å². The molecule has 0 heterocycles. The number of phenolic OH excluding ortho intramolecular Hbond substituents is 1. The van der Waals surface area contributed by atoms with Gasteiger partial charge in [-0.05, 0) is 65.8 Å². The van der Waals surface area contributed by atoms with Crippen molar-refractivity contribution >= 4 is 34.9 Å². The summed E-state index contributed by atoms with van der Waals surface area (Å²) in [6, 6.07) is 19.2. The third-order valence-electron chi connectivity index (χ3n) is 7.03. The summed E-state index contributed by atoms with van der Waals surface area (Å²) in [6.45, 7) is 1.80. The topological polar surface area (TPSA) is 92.7 Å². The maximum Gasteiger partial charge on any atom is 0.203 e. The van der Waals surface area contributed by atoms with Crippen molar-refractivity contribution in [1.29, 1.82) is 0 Å². The lowest BCUT2D eigenvalue weighted by molar-refractivity contribution is 0.324. The van der Waals surface area contributed by atoms with Crippen LogP contribution in [0.5, 0.6) is 40.2 Å². The van der Waals surface area contributed by atoms with Gasteiger partial charge in [-0.15, -0.1) is 0 Å². The van der Waals surface area contributed by atoms with Crippen LogP contribution in [0, 0.1) is 6.92 Å². The number of hydrogen-bond donors (Lipinski definition) is 1. The van der Waals surface area contributed by atoms with Gasteiger partial charge in [-0.2, -0.15) is 0 Å². The Morgan fingerprint density at radius 3 is 1.53 bits per heavy atom. The van der Waals surface area contributed by atoms with Gasteiger partial charge in [-0.3, -0.25) is 0 Å². The molecule has 0 bridgehead atoms. The largest absolute Gasteiger partial charge is 0.507 e. The van der Waals surface area contributed by atoms with Crippen LogP contribution in [0.3, 0.4) is 0 Å². The van der Waals surface area contributed by atoms with E-state index in [0.717, 1.165) is 0 Å². The molecule has 4 rings (SSSR count). The molecule has 1 N–H and O–H groups in total. The lowest BCUT2D eigenvalue weighted by Gasteiger charge is -2.23. The molecule has 0 atom stereocenters. The Morgan fingerprint density at radius 2 is 1.14 bits per heavy atom. The average molecular weight is 625 g/mol. The molecule has 0 aliphatic rings. The van der Waals surface area contributed by atoms with E-state index in [4.69, 9.17) is 40.0 Å². The number of halogens is 1. The van der Waals surface area contributed by atoms with E-state index in [1.165, 1.54) is 42.7 Å². The highest BCUT2D eigenvalue weighted by atomic mass is 35.5. The van der Waals surface area contributed by atoms with E-state index >= 15 is 4.57 Å². The second-order valence-electron chi connectivity index (χ2n) is 9.45. The van der Waals surface area contributed by atoms with Gasteiger partial charge < -0.3 is 38.1 Å². The van der Waals surface area contributed by atoms with E-state index in [-0.39, 0.29) is 5.75 Å². The number of phenols is 1. The summed E-state index contributed by atoms with van der Waals surface area (Å²) in [7, 11) is 5.12. The highest BCUT2D eigenvalue weighted by molar-refractivity contribution is 7.81. The Hall–Kier alpha value is -4.26. The summed E-state index contributed by atoms with van der Waals surface area (Å²) in [4.78, 5) is 0. The number of rotatable bonds is 11. The van der Waals surface area contributed by atoms with Crippen LogP contribution in [0.1, 0.15) is 16.7 Å². The highest BCUT2D eigenvalue weighted by Crippen LogP contribution is 2.54. The molecule has 0 fully saturated rings. The second-order valence-corrected chi connectivity index (χ2v) is 12.5. The lowest BCUT2D eigenvalue weighted by Crippen LogP contribution is -2.17. The Bertz CT molecular complexity index is 1580. The van der Waals surface area contributed by atoms with Crippen LogP contribution in [0.25, 0.3) is 5.57 Å². The maximum atomic E-state index is 15.8. The molecular formula is C33H34ClO8P. The van der Waals surface area contributed by atoms with Crippen molar-refractivity contribution in [3.8, 4) is 40.2 Å². The number of benzene rings is 4. The van der Waals surface area contributed by atoms with Crippen LogP contribution >= 0.6 is 18.7 Å². The second kappa shape index (κ2) is 13.4. The van der Waals surface area contributed by atoms with E-state index in [0.29, 0.717) is 72.4 Å². The van der Waals surface area contributed by atoms with Gasteiger partial charge in [0.05, 0.1) is 42.7 Å². The van der Waals surface area contributed by atoms with Crippen LogP contribution in [-0.2, 0) is 4.57 Å². The molecule has 0 saturated carbocycles. The van der Waals surface area contributed by atoms with E-state index in [2.05, 4.69) is 0 Å². The van der Waals surface area contributed by atoms with Crippen LogP contribution in [-0.4, -0.2) is 47.8 Å². The van der Waals surface area contributed by atoms with Crippen LogP contribution < -0.4 is 39.0 Å². The smallest absolute Gasteiger partial charge is 0.203 e. The minimum atomic E-state index is -3.83. The van der Waals surface area contributed by atoms with Gasteiger partial charge in [0.25, 0.3) is 0 Å². The Balaban J connectivity index is 2.19. The van der Waals surface area contributed by atoms with Crippen LogP contribution in [0.15, 0.2) is 72.5 Å². The first-order valence-corrected chi connectivity index (χ1v) is 15.3. The van der Waals surface area contributed by atoms with Crippen LogP contribution in [0.2, 0.25) is 5.02 Å². The first-order chi connectivity index (χ1) is 20.6. The number of hydrogen-bond acceptors (Lipinski definition) is 8. The molecular weight excluding hydrogens is 591 g/mol. The average Bonchev–Trinajstić information content (AvgIpc) is 3.04. The fraction of sp³-hybridized carbons (Fsp3) is 0.212. The minimum absolute atomic E-state index is 0.0154. The third-order valence-corrected chi connectivity index (χ3v) is 10.1. The summed E-state index contributed by atoms with van der Waals surface area (Å²) >= 11 is 6.55. The van der Waals surface area contributed by atoms with Gasteiger partial charge in [-0.25, -0.2) is 0 Å². The number of aromatic hydroxyl groups is 1. The van der Waals surface area contributed by atoms with Crippen molar-refractivity contribution < 1.29 is 38.1 Å². The normalized spacial score (nSPS) is 11.6. The molecule has 0 aliphatic carbocycles. The zero-order valence-electron chi connectivity index (χ0n) is 25.1. The predicted octanol–water partition coefficient (Wildman–Crippen LogP) is 6.81. The first kappa shape index (κ1) is 31.7. The van der Waals surface area contributed by atoms with Crippen LogP contribution in [0.4, 0.5) is 0 Å². The van der Waals surface area contributed by atoms with Crippen molar-refractivity contribution in [2.45, 2.75) is 6.92 Å². The van der Waals surface area contributed by atoms with Gasteiger partial charge in [-0.1, -0.05) is 41.9 Å². The monoisotopic (exact) mass is 624 g/mol. The standard InChI is InChI=1S/C33H34ClO8P/c1-20-13-27(35)24(18-26(20)34)25(21-11-9-8-10-12-21)19-43(36,22-14-28(37-2)32(41-6)29(15-22)38-3)23-16-30(39-4)33(42-7)31(17-23)40-5/h8-19,35H,1-7H3/b25-19-. The fourth-order valence-corrected chi connectivity index (χ4v) is 7.45. The van der Waals surface area contributed by atoms with Crippen molar-refractivity contribution in [2.24, 2.45) is 0 Å². The summed E-state index contributed by atoms with van der Waals surface area (Å²) in [5.74, 6) is 3.60. The van der Waals surface area contributed by atoms with Gasteiger partial charge in [0.2, 0.25) is 11.5 Å². The molecule has 4 aromatic carbocycles. The van der Waals surface area contributed by atoms with Crippen molar-refractivity contribution in [2.75, 3.05) is 42.7 Å². The zero-order valence-corrected chi connectivity index (χ0v) is 26.7. The summed E-state index contributed by atoms with van der Waals surface area (Å²) in [6.07, 6.45) is 0. The maximum absolute atomic E-state index is 15.8. The molecule has 10 heteroatoms. The molecule has 43 heavy (non-hydrogen) atoms. The molecule has 226 valence electrons. The van der Waals surface area contributed by atoms with Gasteiger partial charge in [0.1, 0.15) is 5.75 Å². The molecule has 0 unspecified atom stereocenters. The molecule has 4 aromatic rings. The van der Waals surface area contributed by atoms with E-state index in [1.54, 1.807) is 49.1 Å². The highest BCUT2D eigenvalue weighted by Gasteiger charge is 2.32. The molecule has 0 aromatic heterocycles. The van der Waals surface area contributed by atoms with E-state index in [9.17, 15) is 5.11 Å². The Morgan fingerprint density at radius 1 is 0.698 bits per heavy atom. The molecule has 0 aliphatic heterocycles. The van der Waals surface area contributed by atoms with Gasteiger partial charge in [0, 0.05) is 21.2 Å². The molecule has 8 nitrogen and oxygen atoms in total. The van der Waals surface area contributed by atoms with Gasteiger partial charge in [0.15, 0.2) is 30.1 Å². The predicted molar refractivity (Wildman–Crippen MR) is 170 cm³/mol. The first-order valence-electron chi connectivity index (χ1n) is 13.1. The summed E-state index contributed by atoms with van der Waals surface area (Å²) < 4.78 is 49.4. The quantitative estimate of drug-likeness (QED) is 0.182. The van der Waals surface area contributed by atoms with E-state index < -0.39 is 7.14 Å². The number of ether oxygens (including phenoxy) is 6. The SMILES string of the molecule is COc1cc(P(=O)(/C=C(/c2ccccc2)c2cc(Cl)c(C)cc2O)c2cc(OC)c(OC)c(OC)c2)cc(OC)c1OC. The lowest BCUT2D eigenvalue weighted by atomic mass is 9.98. The summed E-state index contributed by atoms with van der Waals surface area (Å²) in [5.41, 5.74) is 2.30. The van der Waals surface area contributed by atoms with Crippen molar-refractivity contribution in [3.63, 3.8) is 0 Å². The summed E-state index contributed by atoms with van der Waals surface area (Å²) in [5, 5.41) is 12.3. The number of aryl methyl sites for hydroxylation is 1. The molecule has 0 spiro atoms. The number of methoxy groups -OCH3 is 6. The Labute approximate surface area is 256 Å². The minimum Gasteiger partial charge on any atom is -0.507 e. The molecule has 0 radical (unpaired) electrons. The van der Waals surface area contributed by atoms with E-state index in [1.807, 2.05) is 30.3 Å². The Kier molecular flexibility index (Phi) is 9.84. The molecule has 0 saturated heterocycles. The zero-order chi connectivity index (χ0) is 31.3. The third kappa shape index (κ3) is 6.12. The van der Waals surface area contributed by atoms with Crippen molar-refractivity contribution in [3.05, 3.63) is 94.3 Å². The van der Waals surface area contributed by atoms with Crippen molar-refractivity contribution in [1.82, 2.24) is 0 Å².